The highest BCUT2D eigenvalue weighted by molar-refractivity contribution is 5.97. The number of carbonyl (C=O) groups excluding carboxylic acids is 2. The fourth-order valence-corrected chi connectivity index (χ4v) is 2.64. The van der Waals surface area contributed by atoms with Crippen LogP contribution in [-0.4, -0.2) is 12.2 Å². The molecule has 0 heterocycles. The van der Waals surface area contributed by atoms with Crippen molar-refractivity contribution in [3.8, 4) is 11.5 Å². The van der Waals surface area contributed by atoms with Crippen LogP contribution >= 0.6 is 0 Å². The van der Waals surface area contributed by atoms with Gasteiger partial charge in [0.1, 0.15) is 23.6 Å². The van der Waals surface area contributed by atoms with E-state index in [0.29, 0.717) is 17.4 Å². The first-order chi connectivity index (χ1) is 13.9. The maximum atomic E-state index is 13.8. The summed E-state index contributed by atoms with van der Waals surface area (Å²) in [4.78, 5) is 23.4. The van der Waals surface area contributed by atoms with Gasteiger partial charge < -0.3 is 10.1 Å². The lowest BCUT2D eigenvalue weighted by Gasteiger charge is -2.17. The second-order valence-electron chi connectivity index (χ2n) is 6.30. The van der Waals surface area contributed by atoms with Crippen molar-refractivity contribution in [2.75, 3.05) is 0 Å². The van der Waals surface area contributed by atoms with Gasteiger partial charge in [0.2, 0.25) is 0 Å². The third-order valence-electron chi connectivity index (χ3n) is 4.23. The van der Waals surface area contributed by atoms with E-state index in [0.717, 1.165) is 24.3 Å². The minimum absolute atomic E-state index is 0.156. The Morgan fingerprint density at radius 2 is 1.59 bits per heavy atom. The van der Waals surface area contributed by atoms with Crippen molar-refractivity contribution in [2.24, 2.45) is 0 Å². The lowest BCUT2D eigenvalue weighted by molar-refractivity contribution is 0.0936. The van der Waals surface area contributed by atoms with Crippen LogP contribution in [0.3, 0.4) is 0 Å². The Labute approximate surface area is 164 Å². The number of hydrogen-bond acceptors (Lipinski definition) is 3. The molecule has 1 N–H and O–H groups in total. The van der Waals surface area contributed by atoms with Crippen molar-refractivity contribution in [1.82, 2.24) is 5.32 Å². The fraction of sp³-hybridized carbons (Fsp3) is 0.0909. The molecule has 0 spiro atoms. The maximum absolute atomic E-state index is 13.8. The van der Waals surface area contributed by atoms with E-state index < -0.39 is 29.4 Å². The first-order valence-corrected chi connectivity index (χ1v) is 8.66. The van der Waals surface area contributed by atoms with Gasteiger partial charge in [0.15, 0.2) is 11.6 Å². The van der Waals surface area contributed by atoms with Crippen LogP contribution in [0.5, 0.6) is 11.5 Å². The van der Waals surface area contributed by atoms with Crippen LogP contribution < -0.4 is 10.1 Å². The van der Waals surface area contributed by atoms with Gasteiger partial charge in [-0.15, -0.1) is 0 Å². The van der Waals surface area contributed by atoms with Gasteiger partial charge in [-0.3, -0.25) is 9.59 Å². The zero-order valence-electron chi connectivity index (χ0n) is 15.3. The molecule has 0 fully saturated rings. The highest BCUT2D eigenvalue weighted by Gasteiger charge is 2.20. The van der Waals surface area contributed by atoms with Crippen LogP contribution in [0.25, 0.3) is 0 Å². The summed E-state index contributed by atoms with van der Waals surface area (Å²) in [6.07, 6.45) is 0.702. The zero-order valence-corrected chi connectivity index (χ0v) is 15.3. The molecule has 0 saturated heterocycles. The normalized spacial score (nSPS) is 11.6. The number of rotatable bonds is 6. The number of benzene rings is 3. The van der Waals surface area contributed by atoms with Gasteiger partial charge in [-0.25, -0.2) is 13.2 Å². The number of amides is 1. The Morgan fingerprint density at radius 1 is 0.966 bits per heavy atom. The summed E-state index contributed by atoms with van der Waals surface area (Å²) in [6, 6.07) is 12.5. The number of carbonyl (C=O) groups is 2. The van der Waals surface area contributed by atoms with E-state index in [2.05, 4.69) is 5.32 Å². The summed E-state index contributed by atoms with van der Waals surface area (Å²) in [7, 11) is 0. The molecule has 1 unspecified atom stereocenters. The Hall–Kier alpha value is -3.61. The summed E-state index contributed by atoms with van der Waals surface area (Å²) >= 11 is 0. The van der Waals surface area contributed by atoms with E-state index in [1.165, 1.54) is 12.1 Å². The van der Waals surface area contributed by atoms with Gasteiger partial charge in [0.25, 0.3) is 5.91 Å². The molecule has 29 heavy (non-hydrogen) atoms. The topological polar surface area (TPSA) is 55.4 Å². The van der Waals surface area contributed by atoms with Gasteiger partial charge in [-0.1, -0.05) is 24.3 Å². The van der Waals surface area contributed by atoms with Crippen LogP contribution in [0.1, 0.15) is 39.2 Å². The van der Waals surface area contributed by atoms with Crippen molar-refractivity contribution >= 4 is 12.2 Å². The van der Waals surface area contributed by atoms with Crippen molar-refractivity contribution in [3.63, 3.8) is 0 Å². The number of nitrogens with one attached hydrogen (secondary N) is 1. The largest absolute Gasteiger partial charge is 0.456 e. The molecule has 0 aromatic heterocycles. The molecule has 1 atom stereocenters. The van der Waals surface area contributed by atoms with Gasteiger partial charge in [0, 0.05) is 11.6 Å². The smallest absolute Gasteiger partial charge is 0.255 e. The summed E-state index contributed by atoms with van der Waals surface area (Å²) in [5.41, 5.74) is 0.986. The summed E-state index contributed by atoms with van der Waals surface area (Å²) in [6.45, 7) is 1.70. The molecule has 3 rings (SSSR count). The van der Waals surface area contributed by atoms with Crippen molar-refractivity contribution < 1.29 is 27.5 Å². The molecule has 148 valence electrons. The summed E-state index contributed by atoms with van der Waals surface area (Å²) in [5, 5.41) is 2.68. The Morgan fingerprint density at radius 3 is 2.21 bits per heavy atom. The molecule has 0 saturated carbocycles. The molecule has 4 nitrogen and oxygen atoms in total. The Bertz CT molecular complexity index is 1030. The van der Waals surface area contributed by atoms with Crippen molar-refractivity contribution in [2.45, 2.75) is 13.0 Å². The Balaban J connectivity index is 1.85. The summed E-state index contributed by atoms with van der Waals surface area (Å²) < 4.78 is 46.0. The van der Waals surface area contributed by atoms with E-state index in [4.69, 9.17) is 4.74 Å². The predicted octanol–water partition coefficient (Wildman–Crippen LogP) is 5.20. The third kappa shape index (κ3) is 4.82. The molecule has 7 heteroatoms. The zero-order chi connectivity index (χ0) is 21.0. The number of ether oxygens (including phenoxy) is 1. The van der Waals surface area contributed by atoms with E-state index in [1.807, 2.05) is 0 Å². The average molecular weight is 399 g/mol. The maximum Gasteiger partial charge on any atom is 0.255 e. The van der Waals surface area contributed by atoms with Gasteiger partial charge >= 0.3 is 0 Å². The second-order valence-corrected chi connectivity index (χ2v) is 6.30. The predicted molar refractivity (Wildman–Crippen MR) is 101 cm³/mol. The van der Waals surface area contributed by atoms with Gasteiger partial charge in [-0.05, 0) is 42.8 Å². The van der Waals surface area contributed by atoms with Crippen LogP contribution in [0.15, 0.2) is 60.7 Å². The highest BCUT2D eigenvalue weighted by Crippen LogP contribution is 2.28. The lowest BCUT2D eigenvalue weighted by Crippen LogP contribution is -2.27. The monoisotopic (exact) mass is 399 g/mol. The van der Waals surface area contributed by atoms with Crippen molar-refractivity contribution in [1.29, 1.82) is 0 Å². The molecule has 0 aliphatic carbocycles. The molecule has 0 radical (unpaired) electrons. The number of aldehydes is 1. The van der Waals surface area contributed by atoms with Crippen LogP contribution in [-0.2, 0) is 0 Å². The Kier molecular flexibility index (Phi) is 5.97. The van der Waals surface area contributed by atoms with Crippen LogP contribution in [0, 0.1) is 17.5 Å². The lowest BCUT2D eigenvalue weighted by atomic mass is 10.1. The van der Waals surface area contributed by atoms with E-state index in [-0.39, 0.29) is 17.1 Å². The molecule has 1 amide bonds. The molecule has 0 bridgehead atoms. The molecule has 0 aliphatic heterocycles. The van der Waals surface area contributed by atoms with Crippen molar-refractivity contribution in [3.05, 3.63) is 94.8 Å². The van der Waals surface area contributed by atoms with Crippen LogP contribution in [0.4, 0.5) is 13.2 Å². The number of hydrogen-bond donors (Lipinski definition) is 1. The van der Waals surface area contributed by atoms with E-state index in [1.54, 1.807) is 31.2 Å². The third-order valence-corrected chi connectivity index (χ3v) is 4.23. The van der Waals surface area contributed by atoms with E-state index >= 15 is 0 Å². The minimum atomic E-state index is -1.20. The van der Waals surface area contributed by atoms with Gasteiger partial charge in [-0.2, -0.15) is 0 Å². The minimum Gasteiger partial charge on any atom is -0.456 e. The SMILES string of the molecule is CC(NC(=O)c1cc(F)c(F)cc1Oc1ccc(F)cc1)c1ccc(C=O)cc1. The molecule has 3 aromatic rings. The summed E-state index contributed by atoms with van der Waals surface area (Å²) in [5.74, 6) is -3.62. The first kappa shape index (κ1) is 20.1. The standard InChI is InChI=1S/C22H16F3NO3/c1-13(15-4-2-14(12-27)3-5-15)26-22(28)18-10-19(24)20(25)11-21(18)29-17-8-6-16(23)7-9-17/h2-13H,1H3,(H,26,28). The average Bonchev–Trinajstić information content (AvgIpc) is 2.72. The first-order valence-electron chi connectivity index (χ1n) is 8.66. The molecular weight excluding hydrogens is 383 g/mol. The van der Waals surface area contributed by atoms with Gasteiger partial charge in [0.05, 0.1) is 11.6 Å². The molecule has 3 aromatic carbocycles. The quantitative estimate of drug-likeness (QED) is 0.580. The highest BCUT2D eigenvalue weighted by atomic mass is 19.2. The molecular formula is C22H16F3NO3. The van der Waals surface area contributed by atoms with Crippen LogP contribution in [0.2, 0.25) is 0 Å². The van der Waals surface area contributed by atoms with E-state index in [9.17, 15) is 22.8 Å². The fourth-order valence-electron chi connectivity index (χ4n) is 2.64. The second kappa shape index (κ2) is 8.60. The number of halogens is 3. The molecule has 0 aliphatic rings.